The van der Waals surface area contributed by atoms with Gasteiger partial charge in [0.05, 0.1) is 0 Å². The fourth-order valence-electron chi connectivity index (χ4n) is 1.24. The van der Waals surface area contributed by atoms with E-state index in [2.05, 4.69) is 0 Å². The lowest BCUT2D eigenvalue weighted by atomic mass is 10.1. The van der Waals surface area contributed by atoms with Gasteiger partial charge in [0.1, 0.15) is 17.4 Å². The molecule has 0 bridgehead atoms. The Morgan fingerprint density at radius 2 is 1.81 bits per heavy atom. The molecule has 1 aromatic rings. The molecule has 0 unspecified atom stereocenters. The highest BCUT2D eigenvalue weighted by atomic mass is 16.5. The molecule has 1 rings (SSSR count). The molecule has 0 amide bonds. The molecular weight excluding hydrogens is 206 g/mol. The topological polar surface area (TPSA) is 72.5 Å². The average molecular weight is 223 g/mol. The quantitative estimate of drug-likeness (QED) is 0.821. The van der Waals surface area contributed by atoms with Crippen LogP contribution in [0.15, 0.2) is 24.3 Å². The highest BCUT2D eigenvalue weighted by Crippen LogP contribution is 2.20. The lowest BCUT2D eigenvalue weighted by Crippen LogP contribution is -2.23. The van der Waals surface area contributed by atoms with Gasteiger partial charge in [0.2, 0.25) is 0 Å². The number of carboxylic acids is 1. The Kier molecular flexibility index (Phi) is 3.55. The molecule has 16 heavy (non-hydrogen) atoms. The van der Waals surface area contributed by atoms with Crippen molar-refractivity contribution in [3.05, 3.63) is 29.8 Å². The SMILES string of the molecule is CC(C)(C)Oc1ccc([C@@H](N)C(=O)O)cc1. The standard InChI is InChI=1S/C12H17NO3/c1-12(2,3)16-9-6-4-8(5-7-9)10(13)11(14)15/h4-7,10H,13H2,1-3H3,(H,14,15)/t10-/m1/s1. The molecule has 0 aliphatic heterocycles. The molecule has 0 radical (unpaired) electrons. The summed E-state index contributed by atoms with van der Waals surface area (Å²) in [6, 6.07) is 5.80. The first-order valence-electron chi connectivity index (χ1n) is 5.07. The third-order valence-electron chi connectivity index (χ3n) is 1.93. The van der Waals surface area contributed by atoms with Crippen LogP contribution in [-0.2, 0) is 4.79 Å². The Balaban J connectivity index is 2.79. The van der Waals surface area contributed by atoms with Gasteiger partial charge in [0, 0.05) is 0 Å². The van der Waals surface area contributed by atoms with Gasteiger partial charge in [-0.05, 0) is 38.5 Å². The van der Waals surface area contributed by atoms with Crippen molar-refractivity contribution < 1.29 is 14.6 Å². The minimum absolute atomic E-state index is 0.267. The van der Waals surface area contributed by atoms with Gasteiger partial charge in [-0.3, -0.25) is 4.79 Å². The van der Waals surface area contributed by atoms with Crippen LogP contribution in [0.3, 0.4) is 0 Å². The Labute approximate surface area is 95.0 Å². The number of nitrogens with two attached hydrogens (primary N) is 1. The van der Waals surface area contributed by atoms with E-state index in [1.54, 1.807) is 24.3 Å². The van der Waals surface area contributed by atoms with Crippen LogP contribution in [0.5, 0.6) is 5.75 Å². The Morgan fingerprint density at radius 3 is 2.19 bits per heavy atom. The zero-order chi connectivity index (χ0) is 12.3. The first-order valence-corrected chi connectivity index (χ1v) is 5.07. The van der Waals surface area contributed by atoms with Crippen LogP contribution >= 0.6 is 0 Å². The molecule has 0 fully saturated rings. The summed E-state index contributed by atoms with van der Waals surface area (Å²) in [4.78, 5) is 10.7. The van der Waals surface area contributed by atoms with Crippen LogP contribution in [0.4, 0.5) is 0 Å². The smallest absolute Gasteiger partial charge is 0.325 e. The maximum absolute atomic E-state index is 10.7. The highest BCUT2D eigenvalue weighted by molar-refractivity contribution is 5.75. The summed E-state index contributed by atoms with van der Waals surface area (Å²) in [5.41, 5.74) is 5.77. The molecule has 0 aromatic heterocycles. The van der Waals surface area contributed by atoms with Crippen LogP contribution in [-0.4, -0.2) is 16.7 Å². The number of carbonyl (C=O) groups is 1. The van der Waals surface area contributed by atoms with Crippen LogP contribution in [0.1, 0.15) is 32.4 Å². The zero-order valence-electron chi connectivity index (χ0n) is 9.73. The summed E-state index contributed by atoms with van der Waals surface area (Å²) in [7, 11) is 0. The first-order chi connectivity index (χ1) is 7.29. The molecule has 0 aliphatic rings. The van der Waals surface area contributed by atoms with Crippen molar-refractivity contribution in [1.82, 2.24) is 0 Å². The molecule has 4 nitrogen and oxygen atoms in total. The second-order valence-corrected chi connectivity index (χ2v) is 4.60. The maximum atomic E-state index is 10.7. The molecule has 1 atom stereocenters. The van der Waals surface area contributed by atoms with E-state index >= 15 is 0 Å². The lowest BCUT2D eigenvalue weighted by Gasteiger charge is -2.21. The molecule has 0 saturated heterocycles. The number of rotatable bonds is 3. The van der Waals surface area contributed by atoms with E-state index in [4.69, 9.17) is 15.6 Å². The zero-order valence-corrected chi connectivity index (χ0v) is 9.73. The van der Waals surface area contributed by atoms with Crippen LogP contribution in [0.25, 0.3) is 0 Å². The molecule has 0 aliphatic carbocycles. The maximum Gasteiger partial charge on any atom is 0.325 e. The summed E-state index contributed by atoms with van der Waals surface area (Å²) in [6.07, 6.45) is 0. The molecule has 88 valence electrons. The summed E-state index contributed by atoms with van der Waals surface area (Å²) in [5.74, 6) is -0.335. The van der Waals surface area contributed by atoms with Gasteiger partial charge in [-0.1, -0.05) is 12.1 Å². The Morgan fingerprint density at radius 1 is 1.31 bits per heavy atom. The van der Waals surface area contributed by atoms with Gasteiger partial charge in [-0.15, -0.1) is 0 Å². The van der Waals surface area contributed by atoms with Crippen LogP contribution < -0.4 is 10.5 Å². The van der Waals surface area contributed by atoms with Crippen molar-refractivity contribution in [2.75, 3.05) is 0 Å². The fraction of sp³-hybridized carbons (Fsp3) is 0.417. The summed E-state index contributed by atoms with van der Waals surface area (Å²) in [6.45, 7) is 5.84. The predicted molar refractivity (Wildman–Crippen MR) is 61.4 cm³/mol. The van der Waals surface area contributed by atoms with E-state index < -0.39 is 12.0 Å². The molecule has 4 heteroatoms. The minimum atomic E-state index is -1.04. The van der Waals surface area contributed by atoms with E-state index in [0.29, 0.717) is 11.3 Å². The van der Waals surface area contributed by atoms with Crippen molar-refractivity contribution in [3.8, 4) is 5.75 Å². The number of hydrogen-bond donors (Lipinski definition) is 2. The van der Waals surface area contributed by atoms with Gasteiger partial charge >= 0.3 is 5.97 Å². The normalized spacial score (nSPS) is 13.2. The fourth-order valence-corrected chi connectivity index (χ4v) is 1.24. The van der Waals surface area contributed by atoms with E-state index in [1.807, 2.05) is 20.8 Å². The third kappa shape index (κ3) is 3.55. The number of benzene rings is 1. The van der Waals surface area contributed by atoms with Gasteiger partial charge in [-0.25, -0.2) is 0 Å². The number of aliphatic carboxylic acids is 1. The summed E-state index contributed by atoms with van der Waals surface area (Å²) >= 11 is 0. The molecule has 3 N–H and O–H groups in total. The van der Waals surface area contributed by atoms with Crippen LogP contribution in [0, 0.1) is 0 Å². The first kappa shape index (κ1) is 12.5. The Hall–Kier alpha value is -1.55. The van der Waals surface area contributed by atoms with Gasteiger partial charge < -0.3 is 15.6 Å². The molecular formula is C12H17NO3. The Bertz CT molecular complexity index is 365. The van der Waals surface area contributed by atoms with Crippen molar-refractivity contribution in [3.63, 3.8) is 0 Å². The largest absolute Gasteiger partial charge is 0.488 e. The molecule has 1 aromatic carbocycles. The van der Waals surface area contributed by atoms with E-state index in [9.17, 15) is 4.79 Å². The van der Waals surface area contributed by atoms with Crippen molar-refractivity contribution in [2.24, 2.45) is 5.73 Å². The second-order valence-electron chi connectivity index (χ2n) is 4.60. The predicted octanol–water partition coefficient (Wildman–Crippen LogP) is 1.95. The van der Waals surface area contributed by atoms with E-state index in [-0.39, 0.29) is 5.60 Å². The number of ether oxygens (including phenoxy) is 1. The molecule has 0 heterocycles. The van der Waals surface area contributed by atoms with Crippen molar-refractivity contribution in [1.29, 1.82) is 0 Å². The van der Waals surface area contributed by atoms with E-state index in [0.717, 1.165) is 0 Å². The van der Waals surface area contributed by atoms with Gasteiger partial charge in [0.15, 0.2) is 0 Å². The summed E-state index contributed by atoms with van der Waals surface area (Å²) in [5, 5.41) is 8.73. The van der Waals surface area contributed by atoms with Gasteiger partial charge in [-0.2, -0.15) is 0 Å². The monoisotopic (exact) mass is 223 g/mol. The molecule has 0 saturated carbocycles. The summed E-state index contributed by atoms with van der Waals surface area (Å²) < 4.78 is 5.61. The van der Waals surface area contributed by atoms with Gasteiger partial charge in [0.25, 0.3) is 0 Å². The second kappa shape index (κ2) is 4.53. The molecule has 0 spiro atoms. The number of carboxylic acid groups (broad SMARTS) is 1. The van der Waals surface area contributed by atoms with Crippen LogP contribution in [0.2, 0.25) is 0 Å². The number of hydrogen-bond acceptors (Lipinski definition) is 3. The van der Waals surface area contributed by atoms with Crippen molar-refractivity contribution in [2.45, 2.75) is 32.4 Å². The van der Waals surface area contributed by atoms with Crippen molar-refractivity contribution >= 4 is 5.97 Å². The lowest BCUT2D eigenvalue weighted by molar-refractivity contribution is -0.138. The van der Waals surface area contributed by atoms with E-state index in [1.165, 1.54) is 0 Å². The minimum Gasteiger partial charge on any atom is -0.488 e. The third-order valence-corrected chi connectivity index (χ3v) is 1.93. The highest BCUT2D eigenvalue weighted by Gasteiger charge is 2.15. The average Bonchev–Trinajstić information content (AvgIpc) is 2.15.